The minimum Gasteiger partial charge on any atom is -0.492 e. The number of benzene rings is 5. The molecule has 4 bridgehead atoms. The summed E-state index contributed by atoms with van der Waals surface area (Å²) in [5.41, 5.74) is 6.87. The van der Waals surface area contributed by atoms with Crippen molar-refractivity contribution in [2.75, 3.05) is 24.4 Å². The molecule has 0 fully saturated rings. The molecule has 5 aromatic rings. The fraction of sp³-hybridized carbons (Fsp3) is 0.225. The first-order chi connectivity index (χ1) is 23.7. The quantitative estimate of drug-likeness (QED) is 0.0969. The Morgan fingerprint density at radius 1 is 0.920 bits per heavy atom. The molecule has 6 rings (SSSR count). The number of ether oxygens (including phenoxy) is 3. The third-order valence-corrected chi connectivity index (χ3v) is 9.65. The maximum atomic E-state index is 13.1. The lowest BCUT2D eigenvalue weighted by Gasteiger charge is -2.20. The van der Waals surface area contributed by atoms with E-state index < -0.39 is 16.1 Å². The molecule has 5 aromatic carbocycles. The van der Waals surface area contributed by atoms with Crippen molar-refractivity contribution in [1.29, 1.82) is 0 Å². The number of aliphatic hydroxyl groups excluding tert-OH is 1. The van der Waals surface area contributed by atoms with Crippen LogP contribution in [0.5, 0.6) is 11.5 Å². The fourth-order valence-corrected chi connectivity index (χ4v) is 6.76. The molecule has 0 saturated heterocycles. The van der Waals surface area contributed by atoms with Crippen LogP contribution in [0.15, 0.2) is 114 Å². The van der Waals surface area contributed by atoms with Gasteiger partial charge >= 0.3 is 5.97 Å². The second-order valence-corrected chi connectivity index (χ2v) is 13.6. The third-order valence-electron chi connectivity index (χ3n) is 8.28. The van der Waals surface area contributed by atoms with Gasteiger partial charge in [-0.15, -0.1) is 0 Å². The molecule has 1 atom stereocenters. The van der Waals surface area contributed by atoms with Crippen LogP contribution in [-0.4, -0.2) is 39.2 Å². The fourth-order valence-electron chi connectivity index (χ4n) is 5.61. The summed E-state index contributed by atoms with van der Waals surface area (Å²) in [6, 6.07) is 32.6. The van der Waals surface area contributed by atoms with Gasteiger partial charge in [-0.05, 0) is 89.7 Å². The van der Waals surface area contributed by atoms with Crippen molar-refractivity contribution >= 4 is 21.7 Å². The lowest BCUT2D eigenvalue weighted by atomic mass is 9.97. The molecule has 0 spiro atoms. The number of carbonyl (C=O) groups excluding carboxylic acids is 1. The monoisotopic (exact) mass is 694 g/mol. The van der Waals surface area contributed by atoms with E-state index >= 15 is 0 Å². The Balaban J connectivity index is 0.00000486. The maximum Gasteiger partial charge on any atom is 0.338 e. The van der Waals surface area contributed by atoms with E-state index in [1.54, 1.807) is 42.5 Å². The van der Waals surface area contributed by atoms with Gasteiger partial charge in [0.2, 0.25) is 0 Å². The van der Waals surface area contributed by atoms with Gasteiger partial charge in [0.05, 0.1) is 22.3 Å². The summed E-state index contributed by atoms with van der Waals surface area (Å²) in [7, 11) is -3.86. The van der Waals surface area contributed by atoms with Crippen molar-refractivity contribution in [2.24, 2.45) is 0 Å². The number of carbonyl (C=O) groups is 1. The number of anilines is 1. The van der Waals surface area contributed by atoms with Crippen LogP contribution in [0.4, 0.5) is 5.69 Å². The van der Waals surface area contributed by atoms with E-state index in [0.29, 0.717) is 30.0 Å². The van der Waals surface area contributed by atoms with Crippen LogP contribution in [0, 0.1) is 13.8 Å². The van der Waals surface area contributed by atoms with Crippen LogP contribution >= 0.6 is 0 Å². The van der Waals surface area contributed by atoms with Gasteiger partial charge in [-0.1, -0.05) is 68.1 Å². The Hall–Kier alpha value is -5.16. The molecule has 0 amide bonds. The Morgan fingerprint density at radius 3 is 2.48 bits per heavy atom. The summed E-state index contributed by atoms with van der Waals surface area (Å²) in [4.78, 5) is 12.7. The Labute approximate surface area is 293 Å². The number of aryl methyl sites for hydroxylation is 2. The zero-order valence-corrected chi connectivity index (χ0v) is 28.1. The standard InChI is InChI=1S/C39H38N2O7S.CH4/c1-26-20-38(27(2)19-35(26)30-11-13-31(14-12-30)39(43)48-24-28-7-4-3-5-8-28)46-18-17-40-23-37(42)34-16-15-32-22-36(34)41-49(44,45)33-10-6-9-29(21-33)25-47-32;/h3-16,19-22,37,40-42H,17-18,23-25H2,1-2H3;1H4. The lowest BCUT2D eigenvalue weighted by Crippen LogP contribution is -2.27. The number of esters is 1. The molecule has 0 saturated carbocycles. The van der Waals surface area contributed by atoms with Crippen LogP contribution in [0.3, 0.4) is 0 Å². The van der Waals surface area contributed by atoms with Gasteiger partial charge in [0, 0.05) is 24.7 Å². The highest BCUT2D eigenvalue weighted by Crippen LogP contribution is 2.32. The van der Waals surface area contributed by atoms with Gasteiger partial charge in [-0.2, -0.15) is 0 Å². The Kier molecular flexibility index (Phi) is 11.6. The van der Waals surface area contributed by atoms with Crippen LogP contribution in [0.25, 0.3) is 11.1 Å². The molecule has 3 N–H and O–H groups in total. The zero-order chi connectivity index (χ0) is 34.4. The van der Waals surface area contributed by atoms with E-state index in [-0.39, 0.29) is 43.7 Å². The first-order valence-corrected chi connectivity index (χ1v) is 17.5. The number of hydrogen-bond donors (Lipinski definition) is 3. The third kappa shape index (κ3) is 8.70. The molecule has 260 valence electrons. The minimum absolute atomic E-state index is 0. The van der Waals surface area contributed by atoms with Crippen LogP contribution < -0.4 is 19.5 Å². The summed E-state index contributed by atoms with van der Waals surface area (Å²) in [5, 5.41) is 14.2. The van der Waals surface area contributed by atoms with Gasteiger partial charge in [0.1, 0.15) is 31.3 Å². The van der Waals surface area contributed by atoms with Crippen LogP contribution in [-0.2, 0) is 28.0 Å². The molecule has 1 aliphatic heterocycles. The van der Waals surface area contributed by atoms with Crippen molar-refractivity contribution in [3.05, 3.63) is 143 Å². The summed E-state index contributed by atoms with van der Waals surface area (Å²) >= 11 is 0. The minimum atomic E-state index is -3.86. The lowest BCUT2D eigenvalue weighted by molar-refractivity contribution is 0.0472. The van der Waals surface area contributed by atoms with Crippen LogP contribution in [0.1, 0.15) is 51.7 Å². The smallest absolute Gasteiger partial charge is 0.338 e. The molecule has 0 radical (unpaired) electrons. The average molecular weight is 695 g/mol. The Morgan fingerprint density at radius 2 is 1.70 bits per heavy atom. The highest BCUT2D eigenvalue weighted by molar-refractivity contribution is 7.92. The second-order valence-electron chi connectivity index (χ2n) is 11.9. The SMILES string of the molecule is C.Cc1cc(-c2ccc(C(=O)OCc3ccccc3)cc2)c(C)cc1OCCNCC(O)c1ccc2cc1NS(=O)(=O)c1cccc(c1)CO2. The van der Waals surface area contributed by atoms with Crippen molar-refractivity contribution in [2.45, 2.75) is 45.5 Å². The van der Waals surface area contributed by atoms with Gasteiger partial charge < -0.3 is 24.6 Å². The molecule has 0 aromatic heterocycles. The molecule has 9 nitrogen and oxygen atoms in total. The second kappa shape index (κ2) is 16.0. The largest absolute Gasteiger partial charge is 0.492 e. The molecule has 50 heavy (non-hydrogen) atoms. The molecule has 1 aliphatic rings. The molecule has 10 heteroatoms. The van der Waals surface area contributed by atoms with E-state index in [2.05, 4.69) is 16.1 Å². The van der Waals surface area contributed by atoms with E-state index in [1.165, 1.54) is 6.07 Å². The molecule has 0 aliphatic carbocycles. The summed E-state index contributed by atoms with van der Waals surface area (Å²) in [6.45, 7) is 5.44. The summed E-state index contributed by atoms with van der Waals surface area (Å²) < 4.78 is 46.1. The highest BCUT2D eigenvalue weighted by atomic mass is 32.2. The number of nitrogens with one attached hydrogen (secondary N) is 2. The first kappa shape index (κ1) is 36.1. The van der Waals surface area contributed by atoms with Crippen LogP contribution in [0.2, 0.25) is 0 Å². The molecule has 1 heterocycles. The predicted molar refractivity (Wildman–Crippen MR) is 195 cm³/mol. The number of sulfonamides is 1. The average Bonchev–Trinajstić information content (AvgIpc) is 3.11. The zero-order valence-electron chi connectivity index (χ0n) is 27.3. The number of hydrogen-bond acceptors (Lipinski definition) is 8. The van der Waals surface area contributed by atoms with Gasteiger partial charge in [-0.25, -0.2) is 13.2 Å². The van der Waals surface area contributed by atoms with E-state index in [1.807, 2.05) is 68.4 Å². The molecular weight excluding hydrogens is 653 g/mol. The molecular formula is C40H42N2O7S. The van der Waals surface area contributed by atoms with Crippen molar-refractivity contribution in [1.82, 2.24) is 5.32 Å². The Bertz CT molecular complexity index is 2050. The van der Waals surface area contributed by atoms with E-state index in [9.17, 15) is 18.3 Å². The van der Waals surface area contributed by atoms with Gasteiger partial charge in [-0.3, -0.25) is 4.72 Å². The molecule has 1 unspecified atom stereocenters. The summed E-state index contributed by atoms with van der Waals surface area (Å²) in [6.07, 6.45) is -0.985. The highest BCUT2D eigenvalue weighted by Gasteiger charge is 2.22. The number of fused-ring (bicyclic) bond motifs is 4. The van der Waals surface area contributed by atoms with Crippen molar-refractivity contribution in [3.8, 4) is 22.6 Å². The van der Waals surface area contributed by atoms with Crippen molar-refractivity contribution in [3.63, 3.8) is 0 Å². The normalized spacial score (nSPS) is 13.5. The van der Waals surface area contributed by atoms with Gasteiger partial charge in [0.15, 0.2) is 0 Å². The summed E-state index contributed by atoms with van der Waals surface area (Å²) in [5.74, 6) is 0.880. The van der Waals surface area contributed by atoms with Crippen molar-refractivity contribution < 1.29 is 32.5 Å². The van der Waals surface area contributed by atoms with Gasteiger partial charge in [0.25, 0.3) is 10.0 Å². The topological polar surface area (TPSA) is 123 Å². The number of aliphatic hydroxyl groups is 1. The maximum absolute atomic E-state index is 13.1. The first-order valence-electron chi connectivity index (χ1n) is 16.0. The van der Waals surface area contributed by atoms with E-state index in [0.717, 1.165) is 39.1 Å². The number of rotatable bonds is 11. The predicted octanol–water partition coefficient (Wildman–Crippen LogP) is 7.36. The van der Waals surface area contributed by atoms with E-state index in [4.69, 9.17) is 14.2 Å².